The summed E-state index contributed by atoms with van der Waals surface area (Å²) in [6.45, 7) is 0.712. The van der Waals surface area contributed by atoms with Crippen molar-refractivity contribution in [2.45, 2.75) is 37.0 Å². The van der Waals surface area contributed by atoms with E-state index in [0.717, 1.165) is 6.07 Å². The molecule has 0 saturated carbocycles. The Morgan fingerprint density at radius 1 is 0.809 bits per heavy atom. The number of hydrogen-bond donors (Lipinski definition) is 1. The van der Waals surface area contributed by atoms with Gasteiger partial charge < -0.3 is 10.2 Å². The molecule has 4 aromatic carbocycles. The highest BCUT2D eigenvalue weighted by atomic mass is 35.5. The van der Waals surface area contributed by atoms with Crippen molar-refractivity contribution in [3.8, 4) is 0 Å². The summed E-state index contributed by atoms with van der Waals surface area (Å²) < 4.78 is 70.0. The molecule has 0 aliphatic heterocycles. The summed E-state index contributed by atoms with van der Waals surface area (Å²) >= 11 is 18.7. The summed E-state index contributed by atoms with van der Waals surface area (Å²) in [5.74, 6) is -1.42. The number of carbonyl (C=O) groups excluding carboxylic acids is 2. The molecule has 14 heteroatoms. The van der Waals surface area contributed by atoms with Gasteiger partial charge in [-0.15, -0.1) is 0 Å². The van der Waals surface area contributed by atoms with E-state index in [1.165, 1.54) is 41.3 Å². The van der Waals surface area contributed by atoms with E-state index >= 15 is 0 Å². The Balaban J connectivity index is 1.87. The third-order valence-electron chi connectivity index (χ3n) is 7.11. The quantitative estimate of drug-likeness (QED) is 0.163. The second-order valence-corrected chi connectivity index (χ2v) is 13.4. The molecule has 1 atom stereocenters. The number of nitrogens with zero attached hydrogens (tertiary/aromatic N) is 2. The number of amides is 2. The molecule has 0 fully saturated rings. The van der Waals surface area contributed by atoms with Crippen LogP contribution in [-0.4, -0.2) is 44.3 Å². The Morgan fingerprint density at radius 2 is 1.43 bits per heavy atom. The summed E-state index contributed by atoms with van der Waals surface area (Å²) in [6.07, 6.45) is -4.81. The van der Waals surface area contributed by atoms with Crippen molar-refractivity contribution in [1.82, 2.24) is 10.2 Å². The number of likely N-dealkylation sites (N-methyl/N-ethyl adjacent to an activating group) is 1. The Bertz CT molecular complexity index is 1830. The first-order valence-corrected chi connectivity index (χ1v) is 16.8. The molecular weight excluding hydrogens is 698 g/mol. The first kappa shape index (κ1) is 36.1. The van der Waals surface area contributed by atoms with Gasteiger partial charge in [0.15, 0.2) is 0 Å². The fourth-order valence-corrected chi connectivity index (χ4v) is 6.83. The second-order valence-electron chi connectivity index (χ2n) is 10.4. The maximum absolute atomic E-state index is 14.4. The second kappa shape index (κ2) is 15.4. The van der Waals surface area contributed by atoms with Crippen LogP contribution in [-0.2, 0) is 38.8 Å². The van der Waals surface area contributed by atoms with Crippen LogP contribution >= 0.6 is 34.8 Å². The molecule has 0 bridgehead atoms. The van der Waals surface area contributed by atoms with Crippen molar-refractivity contribution in [3.05, 3.63) is 129 Å². The topological polar surface area (TPSA) is 86.8 Å². The third kappa shape index (κ3) is 8.98. The molecule has 0 spiro atoms. The Morgan fingerprint density at radius 3 is 2.02 bits per heavy atom. The molecule has 4 rings (SSSR count). The molecule has 2 amide bonds. The van der Waals surface area contributed by atoms with E-state index in [2.05, 4.69) is 5.32 Å². The van der Waals surface area contributed by atoms with Gasteiger partial charge in [-0.2, -0.15) is 13.2 Å². The zero-order valence-electron chi connectivity index (χ0n) is 24.8. The lowest BCUT2D eigenvalue weighted by Gasteiger charge is -2.34. The number of hydrogen-bond acceptors (Lipinski definition) is 4. The zero-order valence-corrected chi connectivity index (χ0v) is 27.9. The third-order valence-corrected chi connectivity index (χ3v) is 9.94. The van der Waals surface area contributed by atoms with E-state index < -0.39 is 51.9 Å². The SMILES string of the molecule is CCNC(=O)C(Cc1ccccc1)N(Cc1ccc(Cl)c(Cl)c1)C(=O)CN(c1cc(C(F)(F)F)ccc1Cl)S(=O)(=O)c1ccccc1. The summed E-state index contributed by atoms with van der Waals surface area (Å²) in [5, 5.41) is 2.81. The predicted octanol–water partition coefficient (Wildman–Crippen LogP) is 7.64. The molecule has 0 aliphatic carbocycles. The fraction of sp³-hybridized carbons (Fsp3) is 0.212. The lowest BCUT2D eigenvalue weighted by atomic mass is 10.0. The monoisotopic (exact) mass is 725 g/mol. The summed E-state index contributed by atoms with van der Waals surface area (Å²) in [4.78, 5) is 28.9. The van der Waals surface area contributed by atoms with Gasteiger partial charge in [-0.05, 0) is 60.5 Å². The van der Waals surface area contributed by atoms with E-state index in [4.69, 9.17) is 34.8 Å². The van der Waals surface area contributed by atoms with Crippen molar-refractivity contribution < 1.29 is 31.2 Å². The Kier molecular flexibility index (Phi) is 11.8. The Labute approximate surface area is 285 Å². The molecule has 0 saturated heterocycles. The maximum atomic E-state index is 14.4. The average molecular weight is 727 g/mol. The standard InChI is InChI=1S/C33H29Cl3F3N3O4S/c1-2-40-32(44)30(18-22-9-5-3-6-10-22)41(20-23-13-15-26(34)28(36)17-23)31(43)21-42(47(45,46)25-11-7-4-8-12-25)29-19-24(33(37,38)39)14-16-27(29)35/h3-17,19,30H,2,18,20-21H2,1H3,(H,40,44). The molecule has 1 unspecified atom stereocenters. The predicted molar refractivity (Wildman–Crippen MR) is 177 cm³/mol. The van der Waals surface area contributed by atoms with E-state index in [9.17, 15) is 31.2 Å². The molecular formula is C33H29Cl3F3N3O4S. The van der Waals surface area contributed by atoms with Gasteiger partial charge >= 0.3 is 6.18 Å². The number of carbonyl (C=O) groups is 2. The molecule has 0 aromatic heterocycles. The number of sulfonamides is 1. The van der Waals surface area contributed by atoms with Crippen LogP contribution in [0.15, 0.2) is 102 Å². The van der Waals surface area contributed by atoms with Crippen LogP contribution in [0.3, 0.4) is 0 Å². The number of rotatable bonds is 12. The normalized spacial score (nSPS) is 12.3. The number of halogens is 6. The molecule has 7 nitrogen and oxygen atoms in total. The molecule has 1 N–H and O–H groups in total. The van der Waals surface area contributed by atoms with Crippen LogP contribution in [0, 0.1) is 0 Å². The summed E-state index contributed by atoms with van der Waals surface area (Å²) in [6, 6.07) is 21.4. The first-order chi connectivity index (χ1) is 22.2. The number of nitrogens with one attached hydrogen (secondary N) is 1. The van der Waals surface area contributed by atoms with Gasteiger partial charge in [-0.3, -0.25) is 13.9 Å². The minimum absolute atomic E-state index is 0.0372. The van der Waals surface area contributed by atoms with E-state index in [0.29, 0.717) is 27.6 Å². The van der Waals surface area contributed by atoms with E-state index in [-0.39, 0.29) is 39.5 Å². The molecule has 47 heavy (non-hydrogen) atoms. The zero-order chi connectivity index (χ0) is 34.4. The highest BCUT2D eigenvalue weighted by Gasteiger charge is 2.37. The highest BCUT2D eigenvalue weighted by molar-refractivity contribution is 7.92. The molecule has 248 valence electrons. The number of anilines is 1. The van der Waals surface area contributed by atoms with Crippen LogP contribution in [0.2, 0.25) is 15.1 Å². The van der Waals surface area contributed by atoms with E-state index in [1.54, 1.807) is 49.4 Å². The minimum Gasteiger partial charge on any atom is -0.355 e. The van der Waals surface area contributed by atoms with Crippen LogP contribution in [0.4, 0.5) is 18.9 Å². The van der Waals surface area contributed by atoms with Crippen molar-refractivity contribution in [3.63, 3.8) is 0 Å². The van der Waals surface area contributed by atoms with Crippen LogP contribution in [0.5, 0.6) is 0 Å². The summed E-state index contributed by atoms with van der Waals surface area (Å²) in [5.41, 5.74) is -0.574. The van der Waals surface area contributed by atoms with Crippen LogP contribution in [0.25, 0.3) is 0 Å². The highest BCUT2D eigenvalue weighted by Crippen LogP contribution is 2.37. The maximum Gasteiger partial charge on any atom is 0.416 e. The fourth-order valence-electron chi connectivity index (χ4n) is 4.79. The molecule has 4 aromatic rings. The lowest BCUT2D eigenvalue weighted by molar-refractivity contribution is -0.140. The number of benzene rings is 4. The van der Waals surface area contributed by atoms with Gasteiger partial charge in [0.1, 0.15) is 12.6 Å². The van der Waals surface area contributed by atoms with E-state index in [1.807, 2.05) is 0 Å². The van der Waals surface area contributed by atoms with Gasteiger partial charge in [-0.25, -0.2) is 8.42 Å². The van der Waals surface area contributed by atoms with Crippen molar-refractivity contribution in [1.29, 1.82) is 0 Å². The van der Waals surface area contributed by atoms with Gasteiger partial charge in [0.2, 0.25) is 11.8 Å². The first-order valence-electron chi connectivity index (χ1n) is 14.2. The Hall–Kier alpha value is -3.77. The molecule has 0 radical (unpaired) electrons. The largest absolute Gasteiger partial charge is 0.416 e. The molecule has 0 heterocycles. The van der Waals surface area contributed by atoms with Crippen LogP contribution in [0.1, 0.15) is 23.6 Å². The van der Waals surface area contributed by atoms with Gasteiger partial charge in [0.05, 0.1) is 31.2 Å². The van der Waals surface area contributed by atoms with Gasteiger partial charge in [-0.1, -0.05) is 89.4 Å². The van der Waals surface area contributed by atoms with Gasteiger partial charge in [0.25, 0.3) is 10.0 Å². The van der Waals surface area contributed by atoms with Crippen molar-refractivity contribution in [2.24, 2.45) is 0 Å². The number of alkyl halides is 3. The molecule has 0 aliphatic rings. The lowest BCUT2D eigenvalue weighted by Crippen LogP contribution is -2.53. The average Bonchev–Trinajstić information content (AvgIpc) is 3.04. The summed E-state index contributed by atoms with van der Waals surface area (Å²) in [7, 11) is -4.67. The minimum atomic E-state index is -4.84. The van der Waals surface area contributed by atoms with Crippen molar-refractivity contribution >= 4 is 62.3 Å². The van der Waals surface area contributed by atoms with Crippen LogP contribution < -0.4 is 9.62 Å². The van der Waals surface area contributed by atoms with Gasteiger partial charge in [0, 0.05) is 19.5 Å². The smallest absolute Gasteiger partial charge is 0.355 e. The van der Waals surface area contributed by atoms with Crippen molar-refractivity contribution in [2.75, 3.05) is 17.4 Å².